The maximum absolute atomic E-state index is 13.5. The van der Waals surface area contributed by atoms with E-state index in [0.29, 0.717) is 16.9 Å². The van der Waals surface area contributed by atoms with Crippen molar-refractivity contribution in [2.24, 2.45) is 0 Å². The molecule has 0 aliphatic carbocycles. The lowest BCUT2D eigenvalue weighted by Crippen LogP contribution is -1.95. The van der Waals surface area contributed by atoms with Gasteiger partial charge in [0, 0.05) is 0 Å². The predicted molar refractivity (Wildman–Crippen MR) is 57.3 cm³/mol. The Hall–Kier alpha value is -1.64. The van der Waals surface area contributed by atoms with Gasteiger partial charge in [-0.1, -0.05) is 6.07 Å². The number of ketones is 1. The summed E-state index contributed by atoms with van der Waals surface area (Å²) >= 11 is 0. The van der Waals surface area contributed by atoms with Gasteiger partial charge in [-0.15, -0.1) is 0 Å². The van der Waals surface area contributed by atoms with E-state index in [9.17, 15) is 9.18 Å². The van der Waals surface area contributed by atoms with E-state index in [1.807, 2.05) is 0 Å². The van der Waals surface area contributed by atoms with Gasteiger partial charge in [0.15, 0.2) is 5.78 Å². The molecule has 1 rings (SSSR count). The molecule has 0 fully saturated rings. The Morgan fingerprint density at radius 2 is 2.07 bits per heavy atom. The molecule has 0 aliphatic heterocycles. The molecule has 0 heterocycles. The molecule has 3 heteroatoms. The van der Waals surface area contributed by atoms with Gasteiger partial charge < -0.3 is 4.74 Å². The fourth-order valence-corrected chi connectivity index (χ4v) is 1.43. The van der Waals surface area contributed by atoms with Gasteiger partial charge in [-0.2, -0.15) is 0 Å². The topological polar surface area (TPSA) is 26.3 Å². The van der Waals surface area contributed by atoms with E-state index in [0.717, 1.165) is 0 Å². The Kier molecular flexibility index (Phi) is 3.61. The van der Waals surface area contributed by atoms with E-state index in [4.69, 9.17) is 4.74 Å². The van der Waals surface area contributed by atoms with Crippen LogP contribution in [0.5, 0.6) is 5.75 Å². The van der Waals surface area contributed by atoms with Crippen LogP contribution in [0.25, 0.3) is 5.57 Å². The van der Waals surface area contributed by atoms with E-state index in [1.165, 1.54) is 26.2 Å². The van der Waals surface area contributed by atoms with E-state index in [2.05, 4.69) is 0 Å². The summed E-state index contributed by atoms with van der Waals surface area (Å²) < 4.78 is 18.5. The van der Waals surface area contributed by atoms with Crippen LogP contribution in [-0.2, 0) is 4.79 Å². The van der Waals surface area contributed by atoms with Crippen molar-refractivity contribution in [2.45, 2.75) is 13.8 Å². The highest BCUT2D eigenvalue weighted by atomic mass is 19.1. The highest BCUT2D eigenvalue weighted by Crippen LogP contribution is 2.28. The number of ether oxygens (including phenoxy) is 1. The largest absolute Gasteiger partial charge is 0.496 e. The Labute approximate surface area is 88.4 Å². The Balaban J connectivity index is 3.29. The average Bonchev–Trinajstić information content (AvgIpc) is 2.15. The smallest absolute Gasteiger partial charge is 0.152 e. The zero-order chi connectivity index (χ0) is 11.4. The summed E-state index contributed by atoms with van der Waals surface area (Å²) in [5, 5.41) is 0. The minimum absolute atomic E-state index is 0.113. The van der Waals surface area contributed by atoms with Crippen LogP contribution in [0.15, 0.2) is 24.3 Å². The van der Waals surface area contributed by atoms with Crippen LogP contribution in [0, 0.1) is 5.82 Å². The summed E-state index contributed by atoms with van der Waals surface area (Å²) in [5.41, 5.74) is 0.910. The van der Waals surface area contributed by atoms with Crippen LogP contribution >= 0.6 is 0 Å². The molecule has 0 saturated heterocycles. The molecule has 0 aromatic heterocycles. The third-order valence-corrected chi connectivity index (χ3v) is 2.01. The molecule has 0 unspecified atom stereocenters. The first-order valence-corrected chi connectivity index (χ1v) is 4.58. The van der Waals surface area contributed by atoms with Gasteiger partial charge in [0.2, 0.25) is 0 Å². The van der Waals surface area contributed by atoms with Crippen LogP contribution in [0.4, 0.5) is 4.39 Å². The normalized spacial score (nSPS) is 11.3. The molecule has 0 N–H and O–H groups in total. The van der Waals surface area contributed by atoms with Crippen LogP contribution < -0.4 is 4.74 Å². The van der Waals surface area contributed by atoms with Crippen molar-refractivity contribution < 1.29 is 13.9 Å². The number of carbonyl (C=O) groups excluding carboxylic acids is 1. The quantitative estimate of drug-likeness (QED) is 0.714. The molecule has 0 atom stereocenters. The van der Waals surface area contributed by atoms with Crippen LogP contribution in [0.1, 0.15) is 19.4 Å². The number of benzene rings is 1. The highest BCUT2D eigenvalue weighted by Gasteiger charge is 2.10. The molecule has 1 aromatic rings. The second-order valence-electron chi connectivity index (χ2n) is 3.26. The number of carbonyl (C=O) groups is 1. The number of allylic oxidation sites excluding steroid dienone is 2. The zero-order valence-electron chi connectivity index (χ0n) is 9.00. The standard InChI is InChI=1S/C12H13FO2/c1-8(7-9(2)14)12-10(13)5-4-6-11(12)15-3/h4-7H,1-3H3/b8-7+. The molecule has 0 aliphatic rings. The third-order valence-electron chi connectivity index (χ3n) is 2.01. The Morgan fingerprint density at radius 1 is 1.40 bits per heavy atom. The number of rotatable bonds is 3. The first-order valence-electron chi connectivity index (χ1n) is 4.58. The summed E-state index contributed by atoms with van der Waals surface area (Å²) in [4.78, 5) is 10.9. The monoisotopic (exact) mass is 208 g/mol. The molecule has 2 nitrogen and oxygen atoms in total. The first kappa shape index (κ1) is 11.4. The van der Waals surface area contributed by atoms with Crippen molar-refractivity contribution in [1.82, 2.24) is 0 Å². The highest BCUT2D eigenvalue weighted by molar-refractivity contribution is 5.95. The second-order valence-corrected chi connectivity index (χ2v) is 3.26. The Bertz CT molecular complexity index is 408. The number of methoxy groups -OCH3 is 1. The van der Waals surface area contributed by atoms with Gasteiger partial charge in [-0.05, 0) is 37.6 Å². The van der Waals surface area contributed by atoms with Crippen molar-refractivity contribution in [2.75, 3.05) is 7.11 Å². The summed E-state index contributed by atoms with van der Waals surface area (Å²) in [6, 6.07) is 4.57. The molecule has 0 spiro atoms. The van der Waals surface area contributed by atoms with Crippen molar-refractivity contribution in [1.29, 1.82) is 0 Å². The molecule has 1 aromatic carbocycles. The van der Waals surface area contributed by atoms with Crippen LogP contribution in [-0.4, -0.2) is 12.9 Å². The predicted octanol–water partition coefficient (Wildman–Crippen LogP) is 2.83. The van der Waals surface area contributed by atoms with E-state index >= 15 is 0 Å². The van der Waals surface area contributed by atoms with Gasteiger partial charge in [0.05, 0.1) is 12.7 Å². The maximum Gasteiger partial charge on any atom is 0.152 e. The maximum atomic E-state index is 13.5. The summed E-state index contributed by atoms with van der Waals surface area (Å²) in [5.74, 6) is -0.0628. The molecule has 0 radical (unpaired) electrons. The fraction of sp³-hybridized carbons (Fsp3) is 0.250. The van der Waals surface area contributed by atoms with Crippen molar-refractivity contribution in [3.8, 4) is 5.75 Å². The first-order chi connectivity index (χ1) is 7.06. The van der Waals surface area contributed by atoms with Crippen molar-refractivity contribution in [3.63, 3.8) is 0 Å². The average molecular weight is 208 g/mol. The summed E-state index contributed by atoms with van der Waals surface area (Å²) in [6.45, 7) is 3.11. The molecular formula is C12H13FO2. The second kappa shape index (κ2) is 4.73. The molecule has 80 valence electrons. The minimum atomic E-state index is -0.385. The molecule has 0 amide bonds. The SMILES string of the molecule is COc1cccc(F)c1/C(C)=C/C(C)=O. The van der Waals surface area contributed by atoms with Gasteiger partial charge in [0.25, 0.3) is 0 Å². The van der Waals surface area contributed by atoms with Crippen LogP contribution in [0.3, 0.4) is 0 Å². The number of hydrogen-bond donors (Lipinski definition) is 0. The van der Waals surface area contributed by atoms with Crippen molar-refractivity contribution in [3.05, 3.63) is 35.7 Å². The minimum Gasteiger partial charge on any atom is -0.496 e. The van der Waals surface area contributed by atoms with Gasteiger partial charge >= 0.3 is 0 Å². The lowest BCUT2D eigenvalue weighted by Gasteiger charge is -2.09. The Morgan fingerprint density at radius 3 is 2.60 bits per heavy atom. The molecular weight excluding hydrogens is 195 g/mol. The van der Waals surface area contributed by atoms with Crippen LogP contribution in [0.2, 0.25) is 0 Å². The summed E-state index contributed by atoms with van der Waals surface area (Å²) in [7, 11) is 1.47. The number of hydrogen-bond acceptors (Lipinski definition) is 2. The fourth-order valence-electron chi connectivity index (χ4n) is 1.43. The number of halogens is 1. The molecule has 0 bridgehead atoms. The summed E-state index contributed by atoms with van der Waals surface area (Å²) in [6.07, 6.45) is 1.39. The zero-order valence-corrected chi connectivity index (χ0v) is 9.00. The van der Waals surface area contributed by atoms with E-state index < -0.39 is 0 Å². The molecule has 0 saturated carbocycles. The van der Waals surface area contributed by atoms with E-state index in [-0.39, 0.29) is 11.6 Å². The van der Waals surface area contributed by atoms with Gasteiger partial charge in [-0.25, -0.2) is 4.39 Å². The van der Waals surface area contributed by atoms with E-state index in [1.54, 1.807) is 19.1 Å². The third kappa shape index (κ3) is 2.65. The van der Waals surface area contributed by atoms with Crippen molar-refractivity contribution >= 4 is 11.4 Å². The lowest BCUT2D eigenvalue weighted by molar-refractivity contribution is -0.112. The van der Waals surface area contributed by atoms with Gasteiger partial charge in [-0.3, -0.25) is 4.79 Å². The molecule has 15 heavy (non-hydrogen) atoms. The van der Waals surface area contributed by atoms with Gasteiger partial charge in [0.1, 0.15) is 11.6 Å². The lowest BCUT2D eigenvalue weighted by atomic mass is 10.0.